The fourth-order valence-corrected chi connectivity index (χ4v) is 2.64. The van der Waals surface area contributed by atoms with Gasteiger partial charge < -0.3 is 10.1 Å². The molecule has 0 saturated heterocycles. The van der Waals surface area contributed by atoms with Crippen molar-refractivity contribution in [3.05, 3.63) is 27.7 Å². The Hall–Kier alpha value is -2.11. The molecule has 1 aliphatic carbocycles. The van der Waals surface area contributed by atoms with Gasteiger partial charge in [0.25, 0.3) is 0 Å². The van der Waals surface area contributed by atoms with E-state index in [-0.39, 0.29) is 16.6 Å². The van der Waals surface area contributed by atoms with Crippen LogP contribution in [0.4, 0.5) is 0 Å². The Morgan fingerprint density at radius 1 is 1.39 bits per heavy atom. The van der Waals surface area contributed by atoms with Crippen LogP contribution in [0.3, 0.4) is 0 Å². The van der Waals surface area contributed by atoms with Crippen molar-refractivity contribution in [3.63, 3.8) is 0 Å². The van der Waals surface area contributed by atoms with Crippen molar-refractivity contribution in [2.75, 3.05) is 0 Å². The molecule has 0 aliphatic heterocycles. The molecule has 1 aliphatic rings. The van der Waals surface area contributed by atoms with E-state index in [1.54, 1.807) is 6.07 Å². The first-order chi connectivity index (χ1) is 8.66. The van der Waals surface area contributed by atoms with Gasteiger partial charge in [-0.1, -0.05) is 12.8 Å². The molecule has 0 amide bonds. The number of aromatic nitrogens is 3. The Bertz CT molecular complexity index is 665. The minimum atomic E-state index is -1.11. The number of carbonyl (C=O) groups is 1. The number of fused-ring (bicyclic) bond motifs is 1. The summed E-state index contributed by atoms with van der Waals surface area (Å²) in [5, 5.41) is 15.2. The van der Waals surface area contributed by atoms with Crippen molar-refractivity contribution in [2.24, 2.45) is 0 Å². The number of carboxylic acid groups (broad SMARTS) is 1. The van der Waals surface area contributed by atoms with Crippen molar-refractivity contribution < 1.29 is 9.90 Å². The topological polar surface area (TPSA) is 98.8 Å². The molecule has 0 atom stereocenters. The fourth-order valence-electron chi connectivity index (χ4n) is 2.64. The summed E-state index contributed by atoms with van der Waals surface area (Å²) in [7, 11) is 0. The van der Waals surface area contributed by atoms with Gasteiger partial charge in [0.1, 0.15) is 5.52 Å². The zero-order valence-corrected chi connectivity index (χ0v) is 9.69. The van der Waals surface area contributed by atoms with E-state index in [0.717, 1.165) is 31.4 Å². The average molecular weight is 247 g/mol. The molecule has 18 heavy (non-hydrogen) atoms. The summed E-state index contributed by atoms with van der Waals surface area (Å²) in [6.07, 6.45) is 4.40. The largest absolute Gasteiger partial charge is 0.476 e. The Kier molecular flexibility index (Phi) is 2.43. The molecule has 0 unspecified atom stereocenters. The third-order valence-electron chi connectivity index (χ3n) is 3.56. The van der Waals surface area contributed by atoms with E-state index in [2.05, 4.69) is 15.2 Å². The van der Waals surface area contributed by atoms with Crippen LogP contribution in [0.5, 0.6) is 0 Å². The number of hydrogen-bond acceptors (Lipinski definition) is 3. The zero-order valence-electron chi connectivity index (χ0n) is 9.69. The number of aromatic amines is 2. The van der Waals surface area contributed by atoms with Crippen molar-refractivity contribution in [1.82, 2.24) is 15.2 Å². The van der Waals surface area contributed by atoms with E-state index >= 15 is 0 Å². The highest BCUT2D eigenvalue weighted by Gasteiger charge is 2.21. The van der Waals surface area contributed by atoms with E-state index in [4.69, 9.17) is 5.11 Å². The molecule has 2 aromatic heterocycles. The third kappa shape index (κ3) is 1.61. The van der Waals surface area contributed by atoms with Crippen LogP contribution >= 0.6 is 0 Å². The maximum absolute atomic E-state index is 11.9. The lowest BCUT2D eigenvalue weighted by Gasteiger charge is -2.08. The second kappa shape index (κ2) is 3.97. The van der Waals surface area contributed by atoms with Gasteiger partial charge in [0.2, 0.25) is 5.43 Å². The number of pyridine rings is 1. The quantitative estimate of drug-likeness (QED) is 0.750. The molecule has 6 heteroatoms. The zero-order chi connectivity index (χ0) is 12.7. The van der Waals surface area contributed by atoms with E-state index in [1.165, 1.54) is 0 Å². The lowest BCUT2D eigenvalue weighted by molar-refractivity contribution is 0.0692. The van der Waals surface area contributed by atoms with Gasteiger partial charge in [0.05, 0.1) is 0 Å². The summed E-state index contributed by atoms with van der Waals surface area (Å²) < 4.78 is 0. The SMILES string of the molecule is O=C(O)c1[nH]nc2c(=O)cc(C3CCCC3)[nH]c12. The molecule has 1 fully saturated rings. The van der Waals surface area contributed by atoms with Gasteiger partial charge in [-0.05, 0) is 18.8 Å². The van der Waals surface area contributed by atoms with Crippen molar-refractivity contribution >= 4 is 17.0 Å². The number of nitrogens with one attached hydrogen (secondary N) is 2. The van der Waals surface area contributed by atoms with Gasteiger partial charge in [-0.3, -0.25) is 9.89 Å². The molecule has 6 nitrogen and oxygen atoms in total. The fraction of sp³-hybridized carbons (Fsp3) is 0.417. The average Bonchev–Trinajstić information content (AvgIpc) is 2.97. The maximum atomic E-state index is 11.9. The van der Waals surface area contributed by atoms with Gasteiger partial charge in [-0.25, -0.2) is 4.79 Å². The second-order valence-electron chi connectivity index (χ2n) is 4.70. The van der Waals surface area contributed by atoms with Crippen LogP contribution < -0.4 is 5.43 Å². The van der Waals surface area contributed by atoms with Crippen molar-refractivity contribution in [2.45, 2.75) is 31.6 Å². The number of nitrogens with zero attached hydrogens (tertiary/aromatic N) is 1. The number of H-pyrrole nitrogens is 2. The summed E-state index contributed by atoms with van der Waals surface area (Å²) in [6, 6.07) is 1.55. The molecule has 3 rings (SSSR count). The summed E-state index contributed by atoms with van der Waals surface area (Å²) in [6.45, 7) is 0. The Balaban J connectivity index is 2.20. The van der Waals surface area contributed by atoms with E-state index < -0.39 is 5.97 Å². The Morgan fingerprint density at radius 2 is 2.11 bits per heavy atom. The number of carboxylic acids is 1. The first-order valence-corrected chi connectivity index (χ1v) is 6.01. The molecule has 2 aromatic rings. The van der Waals surface area contributed by atoms with Gasteiger partial charge in [-0.2, -0.15) is 5.10 Å². The predicted octanol–water partition coefficient (Wildman–Crippen LogP) is 1.61. The molecule has 3 N–H and O–H groups in total. The smallest absolute Gasteiger partial charge is 0.356 e. The molecule has 0 bridgehead atoms. The minimum Gasteiger partial charge on any atom is -0.476 e. The number of hydrogen-bond donors (Lipinski definition) is 3. The van der Waals surface area contributed by atoms with Gasteiger partial charge in [0.15, 0.2) is 11.2 Å². The van der Waals surface area contributed by atoms with Crippen molar-refractivity contribution in [3.8, 4) is 0 Å². The van der Waals surface area contributed by atoms with Gasteiger partial charge in [-0.15, -0.1) is 0 Å². The first-order valence-electron chi connectivity index (χ1n) is 6.01. The lowest BCUT2D eigenvalue weighted by atomic mass is 10.0. The standard InChI is InChI=1S/C12H13N3O3/c16-8-5-7(6-3-1-2-4-6)13-10-9(8)14-15-11(10)12(17)18/h5-6H,1-4H2,(H,13,16)(H,14,15)(H,17,18). The molecule has 94 valence electrons. The van der Waals surface area contributed by atoms with Gasteiger partial charge >= 0.3 is 5.97 Å². The van der Waals surface area contributed by atoms with E-state index in [9.17, 15) is 9.59 Å². The second-order valence-corrected chi connectivity index (χ2v) is 4.70. The van der Waals surface area contributed by atoms with Crippen LogP contribution in [0.1, 0.15) is 47.8 Å². The van der Waals surface area contributed by atoms with Crippen LogP contribution in [0.2, 0.25) is 0 Å². The third-order valence-corrected chi connectivity index (χ3v) is 3.56. The van der Waals surface area contributed by atoms with E-state index in [1.807, 2.05) is 0 Å². The predicted molar refractivity (Wildman–Crippen MR) is 64.9 cm³/mol. The molecule has 2 heterocycles. The summed E-state index contributed by atoms with van der Waals surface area (Å²) >= 11 is 0. The lowest BCUT2D eigenvalue weighted by Crippen LogP contribution is -2.08. The minimum absolute atomic E-state index is 0.0538. The Labute approximate surface area is 102 Å². The van der Waals surface area contributed by atoms with Crippen LogP contribution in [0.25, 0.3) is 11.0 Å². The molecule has 0 radical (unpaired) electrons. The number of rotatable bonds is 2. The summed E-state index contributed by atoms with van der Waals surface area (Å²) in [5.74, 6) is -0.782. The molecule has 1 saturated carbocycles. The van der Waals surface area contributed by atoms with E-state index in [0.29, 0.717) is 11.4 Å². The summed E-state index contributed by atoms with van der Waals surface area (Å²) in [5.41, 5.74) is 1.01. The highest BCUT2D eigenvalue weighted by Crippen LogP contribution is 2.33. The van der Waals surface area contributed by atoms with Crippen molar-refractivity contribution in [1.29, 1.82) is 0 Å². The Morgan fingerprint density at radius 3 is 2.78 bits per heavy atom. The van der Waals surface area contributed by atoms with Crippen LogP contribution in [-0.4, -0.2) is 26.3 Å². The van der Waals surface area contributed by atoms with Crippen LogP contribution in [0.15, 0.2) is 10.9 Å². The monoisotopic (exact) mass is 247 g/mol. The van der Waals surface area contributed by atoms with Crippen LogP contribution in [0, 0.1) is 0 Å². The van der Waals surface area contributed by atoms with Gasteiger partial charge in [0, 0.05) is 11.8 Å². The molecule has 0 spiro atoms. The van der Waals surface area contributed by atoms with Crippen LogP contribution in [-0.2, 0) is 0 Å². The molecular weight excluding hydrogens is 234 g/mol. The molecular formula is C12H13N3O3. The highest BCUT2D eigenvalue weighted by atomic mass is 16.4. The molecule has 0 aromatic carbocycles. The highest BCUT2D eigenvalue weighted by molar-refractivity contribution is 5.98. The summed E-state index contributed by atoms with van der Waals surface area (Å²) in [4.78, 5) is 26.0. The number of aromatic carboxylic acids is 1. The normalized spacial score (nSPS) is 16.4. The first kappa shape index (κ1) is 11.0. The maximum Gasteiger partial charge on any atom is 0.356 e.